The summed E-state index contributed by atoms with van der Waals surface area (Å²) < 4.78 is 17.5. The average molecular weight is 242 g/mol. The van der Waals surface area contributed by atoms with Gasteiger partial charge in [-0.15, -0.1) is 0 Å². The van der Waals surface area contributed by atoms with Crippen molar-refractivity contribution in [2.24, 2.45) is 11.8 Å². The zero-order valence-electron chi connectivity index (χ0n) is 10.5. The van der Waals surface area contributed by atoms with Gasteiger partial charge in [0, 0.05) is 12.8 Å². The molecule has 0 aromatic heterocycles. The maximum absolute atomic E-state index is 12.0. The highest BCUT2D eigenvalue weighted by atomic mass is 19.1. The molecule has 0 N–H and O–H groups in total. The number of ketones is 1. The summed E-state index contributed by atoms with van der Waals surface area (Å²) in [5.74, 6) is 1.99. The third kappa shape index (κ3) is 3.77. The van der Waals surface area contributed by atoms with Crippen LogP contribution in [0.3, 0.4) is 0 Å². The summed E-state index contributed by atoms with van der Waals surface area (Å²) in [6.45, 7) is -0.113. The predicted molar refractivity (Wildman–Crippen MR) is 64.6 cm³/mol. The summed E-state index contributed by atoms with van der Waals surface area (Å²) in [7, 11) is 0. The molecule has 3 heteroatoms. The van der Waals surface area contributed by atoms with Crippen LogP contribution in [0.25, 0.3) is 0 Å². The van der Waals surface area contributed by atoms with Crippen molar-refractivity contribution in [1.29, 1.82) is 0 Å². The van der Waals surface area contributed by atoms with E-state index in [0.717, 1.165) is 50.4 Å². The average Bonchev–Trinajstić information content (AvgIpc) is 2.38. The molecule has 98 valence electrons. The quantitative estimate of drug-likeness (QED) is 0.756. The number of alkyl halides is 1. The molecule has 0 radical (unpaired) electrons. The van der Waals surface area contributed by atoms with Crippen LogP contribution in [0, 0.1) is 11.8 Å². The SMILES string of the molecule is O=C1CCC(C2CCC(OCCF)CC2)CC1. The zero-order valence-corrected chi connectivity index (χ0v) is 10.5. The molecule has 0 unspecified atom stereocenters. The van der Waals surface area contributed by atoms with Crippen molar-refractivity contribution in [2.75, 3.05) is 13.3 Å². The van der Waals surface area contributed by atoms with E-state index < -0.39 is 0 Å². The summed E-state index contributed by atoms with van der Waals surface area (Å²) in [5.41, 5.74) is 0. The second-order valence-electron chi connectivity index (χ2n) is 5.47. The first-order valence-electron chi connectivity index (χ1n) is 6.99. The van der Waals surface area contributed by atoms with Gasteiger partial charge in [-0.25, -0.2) is 4.39 Å². The van der Waals surface area contributed by atoms with Crippen LogP contribution in [0.2, 0.25) is 0 Å². The van der Waals surface area contributed by atoms with Gasteiger partial charge in [0.05, 0.1) is 12.7 Å². The Bertz CT molecular complexity index is 237. The molecule has 2 rings (SSSR count). The van der Waals surface area contributed by atoms with Crippen molar-refractivity contribution in [3.63, 3.8) is 0 Å². The molecule has 0 atom stereocenters. The van der Waals surface area contributed by atoms with Crippen LogP contribution in [0.4, 0.5) is 4.39 Å². The van der Waals surface area contributed by atoms with Crippen molar-refractivity contribution in [3.05, 3.63) is 0 Å². The van der Waals surface area contributed by atoms with E-state index in [1.165, 1.54) is 12.8 Å². The molecule has 2 aliphatic carbocycles. The van der Waals surface area contributed by atoms with Gasteiger partial charge in [0.15, 0.2) is 0 Å². The minimum absolute atomic E-state index is 0.257. The second kappa shape index (κ2) is 6.48. The Morgan fingerprint density at radius 3 is 2.18 bits per heavy atom. The van der Waals surface area contributed by atoms with Gasteiger partial charge in [0.2, 0.25) is 0 Å². The Hall–Kier alpha value is -0.440. The fraction of sp³-hybridized carbons (Fsp3) is 0.929. The molecule has 0 bridgehead atoms. The van der Waals surface area contributed by atoms with Gasteiger partial charge in [-0.1, -0.05) is 0 Å². The lowest BCUT2D eigenvalue weighted by Crippen LogP contribution is -2.28. The summed E-state index contributed by atoms with van der Waals surface area (Å²) in [4.78, 5) is 11.2. The molecule has 2 saturated carbocycles. The lowest BCUT2D eigenvalue weighted by atomic mass is 9.72. The van der Waals surface area contributed by atoms with Gasteiger partial charge < -0.3 is 4.74 Å². The molecule has 0 spiro atoms. The lowest BCUT2D eigenvalue weighted by molar-refractivity contribution is -0.121. The third-order valence-electron chi connectivity index (χ3n) is 4.40. The predicted octanol–water partition coefficient (Wildman–Crippen LogP) is 3.29. The summed E-state index contributed by atoms with van der Waals surface area (Å²) in [6.07, 6.45) is 8.63. The number of Topliss-reactive ketones (excluding diaryl/α,β-unsaturated/α-hetero) is 1. The summed E-state index contributed by atoms with van der Waals surface area (Å²) >= 11 is 0. The number of carbonyl (C=O) groups is 1. The summed E-state index contributed by atoms with van der Waals surface area (Å²) in [5, 5.41) is 0. The van der Waals surface area contributed by atoms with Crippen LogP contribution in [0.15, 0.2) is 0 Å². The highest BCUT2D eigenvalue weighted by Gasteiger charge is 2.30. The number of ether oxygens (including phenoxy) is 1. The van der Waals surface area contributed by atoms with Crippen LogP contribution in [-0.2, 0) is 9.53 Å². The fourth-order valence-electron chi connectivity index (χ4n) is 3.37. The smallest absolute Gasteiger partial charge is 0.132 e. The second-order valence-corrected chi connectivity index (χ2v) is 5.47. The van der Waals surface area contributed by atoms with E-state index in [4.69, 9.17) is 4.74 Å². The topological polar surface area (TPSA) is 26.3 Å². The van der Waals surface area contributed by atoms with E-state index in [1.807, 2.05) is 0 Å². The van der Waals surface area contributed by atoms with Gasteiger partial charge in [-0.2, -0.15) is 0 Å². The number of hydrogen-bond donors (Lipinski definition) is 0. The molecule has 0 amide bonds. The molecule has 0 aromatic carbocycles. The van der Waals surface area contributed by atoms with E-state index in [-0.39, 0.29) is 19.4 Å². The number of hydrogen-bond acceptors (Lipinski definition) is 2. The normalized spacial score (nSPS) is 31.7. The van der Waals surface area contributed by atoms with E-state index in [1.54, 1.807) is 0 Å². The Balaban J connectivity index is 1.69. The van der Waals surface area contributed by atoms with Gasteiger partial charge in [0.1, 0.15) is 12.5 Å². The van der Waals surface area contributed by atoms with Crippen LogP contribution in [-0.4, -0.2) is 25.2 Å². The first-order chi connectivity index (χ1) is 8.29. The van der Waals surface area contributed by atoms with Crippen LogP contribution in [0.1, 0.15) is 51.4 Å². The van der Waals surface area contributed by atoms with Gasteiger partial charge in [-0.05, 0) is 50.4 Å². The van der Waals surface area contributed by atoms with E-state index in [2.05, 4.69) is 0 Å². The van der Waals surface area contributed by atoms with Gasteiger partial charge >= 0.3 is 0 Å². The van der Waals surface area contributed by atoms with Crippen LogP contribution >= 0.6 is 0 Å². The molecular weight excluding hydrogens is 219 g/mol. The largest absolute Gasteiger partial charge is 0.376 e. The van der Waals surface area contributed by atoms with E-state index in [0.29, 0.717) is 5.78 Å². The number of rotatable bonds is 4. The Kier molecular flexibility index (Phi) is 4.96. The zero-order chi connectivity index (χ0) is 12.1. The molecule has 0 aliphatic heterocycles. The number of carbonyl (C=O) groups excluding carboxylic acids is 1. The molecule has 2 fully saturated rings. The van der Waals surface area contributed by atoms with Crippen molar-refractivity contribution in [3.8, 4) is 0 Å². The molecular formula is C14H23FO2. The Labute approximate surface area is 103 Å². The Morgan fingerprint density at radius 1 is 1.00 bits per heavy atom. The van der Waals surface area contributed by atoms with Crippen molar-refractivity contribution >= 4 is 5.78 Å². The molecule has 0 aromatic rings. The van der Waals surface area contributed by atoms with Crippen LogP contribution in [0.5, 0.6) is 0 Å². The molecule has 2 aliphatic rings. The van der Waals surface area contributed by atoms with Crippen molar-refractivity contribution < 1.29 is 13.9 Å². The van der Waals surface area contributed by atoms with E-state index in [9.17, 15) is 9.18 Å². The maximum Gasteiger partial charge on any atom is 0.132 e. The highest BCUT2D eigenvalue weighted by Crippen LogP contribution is 2.38. The van der Waals surface area contributed by atoms with Gasteiger partial charge in [0.25, 0.3) is 0 Å². The maximum atomic E-state index is 12.0. The summed E-state index contributed by atoms with van der Waals surface area (Å²) in [6, 6.07) is 0. The fourth-order valence-corrected chi connectivity index (χ4v) is 3.37. The lowest BCUT2D eigenvalue weighted by Gasteiger charge is -2.35. The minimum Gasteiger partial charge on any atom is -0.376 e. The molecule has 2 nitrogen and oxygen atoms in total. The third-order valence-corrected chi connectivity index (χ3v) is 4.40. The van der Waals surface area contributed by atoms with Crippen molar-refractivity contribution in [2.45, 2.75) is 57.5 Å². The number of halogens is 1. The van der Waals surface area contributed by atoms with E-state index >= 15 is 0 Å². The standard InChI is InChI=1S/C14H23FO2/c15-9-10-17-14-7-3-12(4-8-14)11-1-5-13(16)6-2-11/h11-12,14H,1-10H2. The molecule has 0 heterocycles. The van der Waals surface area contributed by atoms with Crippen LogP contribution < -0.4 is 0 Å². The molecule has 17 heavy (non-hydrogen) atoms. The molecule has 0 saturated heterocycles. The monoisotopic (exact) mass is 242 g/mol. The Morgan fingerprint density at radius 2 is 1.59 bits per heavy atom. The highest BCUT2D eigenvalue weighted by molar-refractivity contribution is 5.79. The first kappa shape index (κ1) is 13.0. The minimum atomic E-state index is -0.370. The van der Waals surface area contributed by atoms with Crippen molar-refractivity contribution in [1.82, 2.24) is 0 Å². The van der Waals surface area contributed by atoms with Gasteiger partial charge in [-0.3, -0.25) is 4.79 Å². The first-order valence-corrected chi connectivity index (χ1v) is 6.99.